The summed E-state index contributed by atoms with van der Waals surface area (Å²) >= 11 is 3.49. The van der Waals surface area contributed by atoms with Crippen LogP contribution in [0.25, 0.3) is 5.69 Å². The highest BCUT2D eigenvalue weighted by molar-refractivity contribution is 9.10. The molecule has 0 aliphatic heterocycles. The summed E-state index contributed by atoms with van der Waals surface area (Å²) in [5.74, 6) is 0.962. The van der Waals surface area contributed by atoms with Crippen LogP contribution in [0.2, 0.25) is 0 Å². The third-order valence-electron chi connectivity index (χ3n) is 2.73. The molecule has 1 heterocycles. The fraction of sp³-hybridized carbons (Fsp3) is 0.231. The van der Waals surface area contributed by atoms with Gasteiger partial charge in [-0.05, 0) is 47.6 Å². The van der Waals surface area contributed by atoms with Crippen molar-refractivity contribution in [2.45, 2.75) is 13.3 Å². The molecule has 0 saturated carbocycles. The van der Waals surface area contributed by atoms with Crippen molar-refractivity contribution in [3.63, 3.8) is 0 Å². The van der Waals surface area contributed by atoms with E-state index in [1.54, 1.807) is 6.20 Å². The number of carbonyl (C=O) groups is 1. The second-order valence-electron chi connectivity index (χ2n) is 3.97. The van der Waals surface area contributed by atoms with Crippen molar-refractivity contribution in [1.82, 2.24) is 9.55 Å². The van der Waals surface area contributed by atoms with Crippen LogP contribution >= 0.6 is 15.9 Å². The van der Waals surface area contributed by atoms with Crippen LogP contribution in [-0.2, 0) is 0 Å². The van der Waals surface area contributed by atoms with Gasteiger partial charge in [0, 0.05) is 28.9 Å². The number of benzene rings is 1. The molecule has 0 radical (unpaired) electrons. The van der Waals surface area contributed by atoms with Gasteiger partial charge >= 0.3 is 0 Å². The number of halogens is 1. The number of hydrogen-bond donors (Lipinski definition) is 1. The van der Waals surface area contributed by atoms with Gasteiger partial charge in [0.1, 0.15) is 5.82 Å². The highest BCUT2D eigenvalue weighted by atomic mass is 79.9. The van der Waals surface area contributed by atoms with E-state index in [-0.39, 0.29) is 5.78 Å². The number of aryl methyl sites for hydroxylation is 1. The van der Waals surface area contributed by atoms with Gasteiger partial charge in [0.25, 0.3) is 0 Å². The summed E-state index contributed by atoms with van der Waals surface area (Å²) in [6.45, 7) is 2.30. The van der Waals surface area contributed by atoms with Crippen LogP contribution in [0.5, 0.6) is 0 Å². The van der Waals surface area contributed by atoms with Gasteiger partial charge in [-0.1, -0.05) is 0 Å². The Hall–Kier alpha value is -1.46. The van der Waals surface area contributed by atoms with E-state index in [0.29, 0.717) is 18.5 Å². The lowest BCUT2D eigenvalue weighted by Gasteiger charge is -2.09. The molecule has 0 atom stereocenters. The molecule has 1 aromatic heterocycles. The zero-order chi connectivity index (χ0) is 13.1. The van der Waals surface area contributed by atoms with Crippen molar-refractivity contribution in [3.8, 4) is 5.69 Å². The average Bonchev–Trinajstić information content (AvgIpc) is 2.75. The van der Waals surface area contributed by atoms with Gasteiger partial charge in [-0.2, -0.15) is 0 Å². The molecule has 0 fully saturated rings. The number of nitrogens with two attached hydrogens (primary N) is 1. The van der Waals surface area contributed by atoms with Crippen molar-refractivity contribution in [1.29, 1.82) is 0 Å². The first-order valence-electron chi connectivity index (χ1n) is 5.66. The summed E-state index contributed by atoms with van der Waals surface area (Å²) in [5, 5.41) is 0. The molecule has 0 amide bonds. The molecule has 1 aromatic carbocycles. The summed E-state index contributed by atoms with van der Waals surface area (Å²) in [7, 11) is 0. The summed E-state index contributed by atoms with van der Waals surface area (Å²) < 4.78 is 2.83. The van der Waals surface area contributed by atoms with Crippen molar-refractivity contribution in [3.05, 3.63) is 46.5 Å². The number of hydrogen-bond acceptors (Lipinski definition) is 3. The predicted octanol–water partition coefficient (Wildman–Crippen LogP) is 2.47. The highest BCUT2D eigenvalue weighted by Gasteiger charge is 2.10. The average molecular weight is 308 g/mol. The predicted molar refractivity (Wildman–Crippen MR) is 74.0 cm³/mol. The minimum atomic E-state index is 0.0621. The maximum Gasteiger partial charge on any atom is 0.164 e. The molecule has 0 aliphatic carbocycles. The van der Waals surface area contributed by atoms with E-state index in [1.807, 2.05) is 35.9 Å². The third-order valence-corrected chi connectivity index (χ3v) is 3.36. The fourth-order valence-electron chi connectivity index (χ4n) is 1.78. The minimum absolute atomic E-state index is 0.0621. The molecule has 5 heteroatoms. The van der Waals surface area contributed by atoms with Crippen LogP contribution in [0.3, 0.4) is 0 Å². The summed E-state index contributed by atoms with van der Waals surface area (Å²) in [5.41, 5.74) is 7.03. The Morgan fingerprint density at radius 3 is 2.83 bits per heavy atom. The van der Waals surface area contributed by atoms with Crippen molar-refractivity contribution in [2.24, 2.45) is 5.73 Å². The van der Waals surface area contributed by atoms with E-state index in [1.165, 1.54) is 0 Å². The van der Waals surface area contributed by atoms with E-state index in [9.17, 15) is 4.79 Å². The normalized spacial score (nSPS) is 10.6. The van der Waals surface area contributed by atoms with Crippen LogP contribution < -0.4 is 5.73 Å². The van der Waals surface area contributed by atoms with E-state index in [0.717, 1.165) is 16.0 Å². The smallest absolute Gasteiger partial charge is 0.164 e. The zero-order valence-corrected chi connectivity index (χ0v) is 11.6. The Labute approximate surface area is 114 Å². The van der Waals surface area contributed by atoms with Gasteiger partial charge in [-0.25, -0.2) is 4.98 Å². The van der Waals surface area contributed by atoms with Crippen LogP contribution in [0, 0.1) is 6.92 Å². The van der Waals surface area contributed by atoms with Gasteiger partial charge < -0.3 is 10.3 Å². The zero-order valence-electron chi connectivity index (χ0n) is 10.1. The first kappa shape index (κ1) is 13.0. The van der Waals surface area contributed by atoms with E-state index >= 15 is 0 Å². The molecule has 2 aromatic rings. The maximum atomic E-state index is 11.7. The van der Waals surface area contributed by atoms with E-state index < -0.39 is 0 Å². The summed E-state index contributed by atoms with van der Waals surface area (Å²) in [6, 6.07) is 5.55. The van der Waals surface area contributed by atoms with Crippen LogP contribution in [0.1, 0.15) is 22.6 Å². The SMILES string of the molecule is Cc1nccn1-c1ccc(C(=O)CCN)cc1Br. The Bertz CT molecular complexity index is 577. The second kappa shape index (κ2) is 5.46. The molecule has 2 rings (SSSR count). The van der Waals surface area contributed by atoms with Crippen LogP contribution in [0.4, 0.5) is 0 Å². The van der Waals surface area contributed by atoms with Crippen molar-refractivity contribution < 1.29 is 4.79 Å². The number of rotatable bonds is 4. The second-order valence-corrected chi connectivity index (χ2v) is 4.83. The van der Waals surface area contributed by atoms with Crippen molar-refractivity contribution >= 4 is 21.7 Å². The molecule has 0 bridgehead atoms. The largest absolute Gasteiger partial charge is 0.330 e. The molecule has 0 aliphatic rings. The fourth-order valence-corrected chi connectivity index (χ4v) is 2.35. The number of imidazole rings is 1. The Morgan fingerprint density at radius 1 is 1.50 bits per heavy atom. The van der Waals surface area contributed by atoms with Gasteiger partial charge in [0.2, 0.25) is 0 Å². The molecule has 0 spiro atoms. The molecule has 0 unspecified atom stereocenters. The highest BCUT2D eigenvalue weighted by Crippen LogP contribution is 2.24. The number of ketones is 1. The van der Waals surface area contributed by atoms with E-state index in [2.05, 4.69) is 20.9 Å². The molecule has 94 valence electrons. The molecule has 2 N–H and O–H groups in total. The molecular formula is C13H14BrN3O. The number of aromatic nitrogens is 2. The minimum Gasteiger partial charge on any atom is -0.330 e. The first-order valence-corrected chi connectivity index (χ1v) is 6.46. The molecular weight excluding hydrogens is 294 g/mol. The molecule has 0 saturated heterocycles. The number of Topliss-reactive ketones (excluding diaryl/α,β-unsaturated/α-hetero) is 1. The van der Waals surface area contributed by atoms with Gasteiger partial charge in [0.05, 0.1) is 5.69 Å². The lowest BCUT2D eigenvalue weighted by atomic mass is 10.1. The molecule has 18 heavy (non-hydrogen) atoms. The number of carbonyl (C=O) groups excluding carboxylic acids is 1. The van der Waals surface area contributed by atoms with Crippen LogP contribution in [0.15, 0.2) is 35.1 Å². The first-order chi connectivity index (χ1) is 8.63. The van der Waals surface area contributed by atoms with E-state index in [4.69, 9.17) is 5.73 Å². The number of nitrogens with zero attached hydrogens (tertiary/aromatic N) is 2. The van der Waals surface area contributed by atoms with Gasteiger partial charge in [0.15, 0.2) is 5.78 Å². The van der Waals surface area contributed by atoms with Gasteiger partial charge in [-0.3, -0.25) is 4.79 Å². The van der Waals surface area contributed by atoms with Gasteiger partial charge in [-0.15, -0.1) is 0 Å². The summed E-state index contributed by atoms with van der Waals surface area (Å²) in [4.78, 5) is 15.9. The Morgan fingerprint density at radius 2 is 2.28 bits per heavy atom. The lowest BCUT2D eigenvalue weighted by molar-refractivity contribution is 0.0985. The molecule has 4 nitrogen and oxygen atoms in total. The monoisotopic (exact) mass is 307 g/mol. The standard InChI is InChI=1S/C13H14BrN3O/c1-9-16-6-7-17(9)12-3-2-10(8-11(12)14)13(18)4-5-15/h2-3,6-8H,4-5,15H2,1H3. The van der Waals surface area contributed by atoms with Crippen molar-refractivity contribution in [2.75, 3.05) is 6.54 Å². The lowest BCUT2D eigenvalue weighted by Crippen LogP contribution is -2.08. The topological polar surface area (TPSA) is 60.9 Å². The maximum absolute atomic E-state index is 11.7. The summed E-state index contributed by atoms with van der Waals surface area (Å²) in [6.07, 6.45) is 4.00. The Kier molecular flexibility index (Phi) is 3.93. The third kappa shape index (κ3) is 2.52. The Balaban J connectivity index is 2.37. The van der Waals surface area contributed by atoms with Crippen LogP contribution in [-0.4, -0.2) is 21.9 Å². The quantitative estimate of drug-likeness (QED) is 0.883.